The van der Waals surface area contributed by atoms with Crippen molar-refractivity contribution in [3.8, 4) is 11.3 Å². The molecule has 3 rings (SSSR count). The molecule has 2 heterocycles. The van der Waals surface area contributed by atoms with E-state index in [4.69, 9.17) is 8.83 Å². The minimum absolute atomic E-state index is 0.0698. The first-order chi connectivity index (χ1) is 10.6. The Balaban J connectivity index is 1.70. The molecule has 0 spiro atoms. The normalized spacial score (nSPS) is 14.0. The zero-order valence-corrected chi connectivity index (χ0v) is 12.8. The van der Waals surface area contributed by atoms with Crippen molar-refractivity contribution in [1.29, 1.82) is 0 Å². The van der Waals surface area contributed by atoms with Crippen molar-refractivity contribution >= 4 is 0 Å². The Kier molecular flexibility index (Phi) is 4.02. The molecule has 6 heteroatoms. The van der Waals surface area contributed by atoms with Crippen molar-refractivity contribution in [2.24, 2.45) is 0 Å². The topological polar surface area (TPSA) is 77.0 Å². The lowest BCUT2D eigenvalue weighted by atomic mass is 10.2. The van der Waals surface area contributed by atoms with Crippen LogP contribution in [-0.4, -0.2) is 15.2 Å². The van der Waals surface area contributed by atoms with E-state index in [0.717, 1.165) is 11.3 Å². The summed E-state index contributed by atoms with van der Waals surface area (Å²) in [6.45, 7) is 5.72. The summed E-state index contributed by atoms with van der Waals surface area (Å²) in [6, 6.07) is 9.75. The molecule has 0 aliphatic heterocycles. The summed E-state index contributed by atoms with van der Waals surface area (Å²) in [4.78, 5) is 4.35. The quantitative estimate of drug-likeness (QED) is 0.777. The van der Waals surface area contributed by atoms with Crippen molar-refractivity contribution in [1.82, 2.24) is 20.5 Å². The van der Waals surface area contributed by atoms with Gasteiger partial charge >= 0.3 is 0 Å². The minimum Gasteiger partial charge on any atom is -0.439 e. The lowest BCUT2D eigenvalue weighted by molar-refractivity contribution is 0.348. The number of nitrogens with one attached hydrogen (secondary N) is 1. The maximum absolute atomic E-state index is 5.83. The zero-order valence-electron chi connectivity index (χ0n) is 12.8. The summed E-state index contributed by atoms with van der Waals surface area (Å²) >= 11 is 0. The molecule has 0 unspecified atom stereocenters. The van der Waals surface area contributed by atoms with Gasteiger partial charge < -0.3 is 8.83 Å². The Labute approximate surface area is 128 Å². The van der Waals surface area contributed by atoms with Crippen LogP contribution in [0.3, 0.4) is 0 Å². The Morgan fingerprint density at radius 3 is 2.36 bits per heavy atom. The molecule has 0 aliphatic carbocycles. The van der Waals surface area contributed by atoms with Crippen LogP contribution in [0.1, 0.15) is 43.6 Å². The van der Waals surface area contributed by atoms with Crippen LogP contribution in [-0.2, 0) is 0 Å². The highest BCUT2D eigenvalue weighted by molar-refractivity contribution is 5.55. The molecule has 2 atom stereocenters. The fraction of sp³-hybridized carbons (Fsp3) is 0.312. The van der Waals surface area contributed by atoms with Crippen molar-refractivity contribution < 1.29 is 8.83 Å². The van der Waals surface area contributed by atoms with Crippen molar-refractivity contribution in [2.75, 3.05) is 0 Å². The molecule has 0 saturated carbocycles. The summed E-state index contributed by atoms with van der Waals surface area (Å²) < 4.78 is 11.3. The molecule has 0 radical (unpaired) electrons. The Morgan fingerprint density at radius 2 is 1.68 bits per heavy atom. The predicted molar refractivity (Wildman–Crippen MR) is 80.9 cm³/mol. The van der Waals surface area contributed by atoms with E-state index in [0.29, 0.717) is 17.7 Å². The van der Waals surface area contributed by atoms with E-state index in [2.05, 4.69) is 20.5 Å². The molecular weight excluding hydrogens is 280 g/mol. The van der Waals surface area contributed by atoms with Gasteiger partial charge in [-0.2, -0.15) is 0 Å². The lowest BCUT2D eigenvalue weighted by Gasteiger charge is -2.14. The Morgan fingerprint density at radius 1 is 0.955 bits per heavy atom. The third kappa shape index (κ3) is 3.07. The van der Waals surface area contributed by atoms with Crippen molar-refractivity contribution in [3.05, 3.63) is 54.2 Å². The van der Waals surface area contributed by atoms with Gasteiger partial charge in [-0.15, -0.1) is 10.2 Å². The van der Waals surface area contributed by atoms with Crippen LogP contribution in [0.2, 0.25) is 0 Å². The summed E-state index contributed by atoms with van der Waals surface area (Å²) in [5.74, 6) is 2.49. The minimum atomic E-state index is -0.0803. The zero-order chi connectivity index (χ0) is 15.5. The van der Waals surface area contributed by atoms with E-state index in [1.54, 1.807) is 13.1 Å². The highest BCUT2D eigenvalue weighted by atomic mass is 16.4. The summed E-state index contributed by atoms with van der Waals surface area (Å²) in [7, 11) is 0. The van der Waals surface area contributed by atoms with Gasteiger partial charge in [0.2, 0.25) is 17.7 Å². The highest BCUT2D eigenvalue weighted by Gasteiger charge is 2.19. The van der Waals surface area contributed by atoms with Gasteiger partial charge in [-0.3, -0.25) is 5.32 Å². The third-order valence-electron chi connectivity index (χ3n) is 3.36. The van der Waals surface area contributed by atoms with Crippen LogP contribution < -0.4 is 5.32 Å². The largest absolute Gasteiger partial charge is 0.439 e. The molecule has 2 aromatic heterocycles. The SMILES string of the molecule is Cc1nnc([C@@H](C)N[C@@H](C)c2ncc(-c3ccccc3)o2)o1. The molecule has 0 saturated heterocycles. The van der Waals surface area contributed by atoms with Crippen LogP contribution in [0.4, 0.5) is 0 Å². The molecule has 0 amide bonds. The van der Waals surface area contributed by atoms with Crippen LogP contribution in [0, 0.1) is 6.92 Å². The molecule has 114 valence electrons. The van der Waals surface area contributed by atoms with Crippen LogP contribution >= 0.6 is 0 Å². The number of rotatable bonds is 5. The number of hydrogen-bond donors (Lipinski definition) is 1. The molecule has 0 bridgehead atoms. The molecule has 22 heavy (non-hydrogen) atoms. The Bertz CT molecular complexity index is 735. The monoisotopic (exact) mass is 298 g/mol. The summed E-state index contributed by atoms with van der Waals surface area (Å²) in [5, 5.41) is 11.2. The van der Waals surface area contributed by atoms with Gasteiger partial charge in [0.05, 0.1) is 18.3 Å². The number of nitrogens with zero attached hydrogens (tertiary/aromatic N) is 3. The van der Waals surface area contributed by atoms with Crippen LogP contribution in [0.15, 0.2) is 45.4 Å². The maximum Gasteiger partial charge on any atom is 0.233 e. The fourth-order valence-electron chi connectivity index (χ4n) is 2.23. The standard InChI is InChI=1S/C16H18N4O2/c1-10(18-11(2)16-20-19-12(3)21-16)15-17-9-14(22-15)13-7-5-4-6-8-13/h4-11,18H,1-3H3/t10-,11+/m0/s1. The summed E-state index contributed by atoms with van der Waals surface area (Å²) in [5.41, 5.74) is 1.01. The molecule has 1 N–H and O–H groups in total. The van der Waals surface area contributed by atoms with Crippen LogP contribution in [0.25, 0.3) is 11.3 Å². The highest BCUT2D eigenvalue weighted by Crippen LogP contribution is 2.24. The van der Waals surface area contributed by atoms with Crippen molar-refractivity contribution in [2.45, 2.75) is 32.9 Å². The van der Waals surface area contributed by atoms with E-state index in [9.17, 15) is 0 Å². The number of aryl methyl sites for hydroxylation is 1. The first kappa shape index (κ1) is 14.5. The molecular formula is C16H18N4O2. The second-order valence-electron chi connectivity index (χ2n) is 5.20. The number of aromatic nitrogens is 3. The van der Waals surface area contributed by atoms with Gasteiger partial charge in [0, 0.05) is 12.5 Å². The van der Waals surface area contributed by atoms with Crippen LogP contribution in [0.5, 0.6) is 0 Å². The van der Waals surface area contributed by atoms with Gasteiger partial charge in [0.15, 0.2) is 5.76 Å². The molecule has 0 aliphatic rings. The van der Waals surface area contributed by atoms with Crippen molar-refractivity contribution in [3.63, 3.8) is 0 Å². The number of oxazole rings is 1. The number of hydrogen-bond acceptors (Lipinski definition) is 6. The third-order valence-corrected chi connectivity index (χ3v) is 3.36. The van der Waals surface area contributed by atoms with E-state index in [1.807, 2.05) is 44.2 Å². The van der Waals surface area contributed by atoms with E-state index in [1.165, 1.54) is 0 Å². The summed E-state index contributed by atoms with van der Waals surface area (Å²) in [6.07, 6.45) is 1.74. The first-order valence-corrected chi connectivity index (χ1v) is 7.20. The lowest BCUT2D eigenvalue weighted by Crippen LogP contribution is -2.23. The van der Waals surface area contributed by atoms with Gasteiger partial charge in [0.25, 0.3) is 0 Å². The Hall–Kier alpha value is -2.47. The van der Waals surface area contributed by atoms with E-state index in [-0.39, 0.29) is 12.1 Å². The average Bonchev–Trinajstić information content (AvgIpc) is 3.17. The molecule has 1 aromatic carbocycles. The molecule has 0 fully saturated rings. The number of benzene rings is 1. The second-order valence-corrected chi connectivity index (χ2v) is 5.20. The molecule has 3 aromatic rings. The van der Waals surface area contributed by atoms with Gasteiger partial charge in [-0.25, -0.2) is 4.98 Å². The maximum atomic E-state index is 5.83. The van der Waals surface area contributed by atoms with Gasteiger partial charge in [-0.05, 0) is 13.8 Å². The van der Waals surface area contributed by atoms with E-state index >= 15 is 0 Å². The fourth-order valence-corrected chi connectivity index (χ4v) is 2.23. The average molecular weight is 298 g/mol. The smallest absolute Gasteiger partial charge is 0.233 e. The van der Waals surface area contributed by atoms with Gasteiger partial charge in [-0.1, -0.05) is 30.3 Å². The predicted octanol–water partition coefficient (Wildman–Crippen LogP) is 3.44. The first-order valence-electron chi connectivity index (χ1n) is 7.20. The van der Waals surface area contributed by atoms with Gasteiger partial charge in [0.1, 0.15) is 0 Å². The second kappa shape index (κ2) is 6.11. The van der Waals surface area contributed by atoms with E-state index < -0.39 is 0 Å². The molecule has 6 nitrogen and oxygen atoms in total.